The van der Waals surface area contributed by atoms with Crippen LogP contribution in [0.2, 0.25) is 0 Å². The Hall–Kier alpha value is -2.33. The van der Waals surface area contributed by atoms with Crippen molar-refractivity contribution in [3.8, 4) is 11.5 Å². The lowest BCUT2D eigenvalue weighted by Crippen LogP contribution is -2.36. The molecule has 1 heterocycles. The van der Waals surface area contributed by atoms with Crippen LogP contribution in [-0.2, 0) is 6.61 Å². The van der Waals surface area contributed by atoms with Crippen LogP contribution in [-0.4, -0.2) is 25.5 Å². The van der Waals surface area contributed by atoms with E-state index in [4.69, 9.17) is 9.47 Å². The first-order valence-corrected chi connectivity index (χ1v) is 8.96. The standard InChI is InChI=1S/C21H25NO3/c1-2-3-11-22-13-17-15-25-20-10-9-18(12-19(20)21(17)23)24-14-16-7-5-4-6-8-16/h4-10,12,17,22H,2-3,11,13-15H2,1H3. The number of benzene rings is 2. The Kier molecular flexibility index (Phi) is 6.07. The summed E-state index contributed by atoms with van der Waals surface area (Å²) in [6.07, 6.45) is 2.27. The monoisotopic (exact) mass is 339 g/mol. The molecule has 2 aromatic carbocycles. The van der Waals surface area contributed by atoms with E-state index in [1.165, 1.54) is 0 Å². The van der Waals surface area contributed by atoms with Crippen molar-refractivity contribution < 1.29 is 14.3 Å². The SMILES string of the molecule is CCCCNCC1COc2ccc(OCc3ccccc3)cc2C1=O. The van der Waals surface area contributed by atoms with E-state index >= 15 is 0 Å². The van der Waals surface area contributed by atoms with Crippen molar-refractivity contribution in [2.24, 2.45) is 5.92 Å². The van der Waals surface area contributed by atoms with Gasteiger partial charge in [-0.3, -0.25) is 4.79 Å². The predicted molar refractivity (Wildman–Crippen MR) is 98.3 cm³/mol. The molecule has 0 aromatic heterocycles. The molecule has 4 nitrogen and oxygen atoms in total. The summed E-state index contributed by atoms with van der Waals surface area (Å²) in [5.41, 5.74) is 1.72. The number of ether oxygens (including phenoxy) is 2. The summed E-state index contributed by atoms with van der Waals surface area (Å²) in [5.74, 6) is 1.35. The van der Waals surface area contributed by atoms with Crippen molar-refractivity contribution in [3.05, 3.63) is 59.7 Å². The van der Waals surface area contributed by atoms with E-state index < -0.39 is 0 Å². The molecule has 0 fully saturated rings. The lowest BCUT2D eigenvalue weighted by Gasteiger charge is -2.24. The average Bonchev–Trinajstić information content (AvgIpc) is 2.66. The molecular weight excluding hydrogens is 314 g/mol. The second-order valence-corrected chi connectivity index (χ2v) is 6.36. The zero-order chi connectivity index (χ0) is 17.5. The van der Waals surface area contributed by atoms with Crippen molar-refractivity contribution in [1.82, 2.24) is 5.32 Å². The number of nitrogens with one attached hydrogen (secondary N) is 1. The summed E-state index contributed by atoms with van der Waals surface area (Å²) < 4.78 is 11.6. The van der Waals surface area contributed by atoms with Crippen LogP contribution < -0.4 is 14.8 Å². The molecule has 0 saturated carbocycles. The third-order valence-electron chi connectivity index (χ3n) is 4.37. The number of Topliss-reactive ketones (excluding diaryl/α,β-unsaturated/α-hetero) is 1. The molecule has 1 aliphatic rings. The van der Waals surface area contributed by atoms with Gasteiger partial charge in [0.15, 0.2) is 5.78 Å². The fourth-order valence-electron chi connectivity index (χ4n) is 2.87. The zero-order valence-electron chi connectivity index (χ0n) is 14.7. The Morgan fingerprint density at radius 2 is 2.04 bits per heavy atom. The highest BCUT2D eigenvalue weighted by molar-refractivity contribution is 6.01. The molecule has 1 N–H and O–H groups in total. The van der Waals surface area contributed by atoms with Gasteiger partial charge in [-0.1, -0.05) is 43.7 Å². The molecule has 1 aliphatic heterocycles. The third-order valence-corrected chi connectivity index (χ3v) is 4.37. The first-order valence-electron chi connectivity index (χ1n) is 8.96. The number of rotatable bonds is 8. The van der Waals surface area contributed by atoms with Gasteiger partial charge in [0.25, 0.3) is 0 Å². The minimum absolute atomic E-state index is 0.131. The minimum Gasteiger partial charge on any atom is -0.492 e. The van der Waals surface area contributed by atoms with Crippen LogP contribution in [0.15, 0.2) is 48.5 Å². The molecule has 0 amide bonds. The second-order valence-electron chi connectivity index (χ2n) is 6.36. The molecule has 132 valence electrons. The van der Waals surface area contributed by atoms with Gasteiger partial charge < -0.3 is 14.8 Å². The number of carbonyl (C=O) groups excluding carboxylic acids is 1. The van der Waals surface area contributed by atoms with E-state index in [0.29, 0.717) is 36.8 Å². The number of unbranched alkanes of at least 4 members (excludes halogenated alkanes) is 1. The number of hydrogen-bond donors (Lipinski definition) is 1. The predicted octanol–water partition coefficient (Wildman–Crippen LogP) is 3.85. The Bertz CT molecular complexity index is 700. The van der Waals surface area contributed by atoms with Gasteiger partial charge in [0.2, 0.25) is 0 Å². The quantitative estimate of drug-likeness (QED) is 0.742. The van der Waals surface area contributed by atoms with Crippen LogP contribution >= 0.6 is 0 Å². The van der Waals surface area contributed by atoms with E-state index in [0.717, 1.165) is 24.9 Å². The highest BCUT2D eigenvalue weighted by Crippen LogP contribution is 2.31. The molecule has 0 aliphatic carbocycles. The molecule has 2 aromatic rings. The molecule has 0 bridgehead atoms. The maximum atomic E-state index is 12.7. The summed E-state index contributed by atoms with van der Waals surface area (Å²) in [4.78, 5) is 12.7. The van der Waals surface area contributed by atoms with Gasteiger partial charge in [0.1, 0.15) is 18.1 Å². The average molecular weight is 339 g/mol. The zero-order valence-corrected chi connectivity index (χ0v) is 14.7. The molecule has 1 atom stereocenters. The van der Waals surface area contributed by atoms with Gasteiger partial charge in [-0.05, 0) is 36.7 Å². The fourth-order valence-corrected chi connectivity index (χ4v) is 2.87. The van der Waals surface area contributed by atoms with Crippen LogP contribution in [0.5, 0.6) is 11.5 Å². The van der Waals surface area contributed by atoms with Crippen molar-refractivity contribution in [2.45, 2.75) is 26.4 Å². The maximum absolute atomic E-state index is 12.7. The van der Waals surface area contributed by atoms with Crippen LogP contribution in [0.25, 0.3) is 0 Å². The number of carbonyl (C=O) groups is 1. The Morgan fingerprint density at radius 3 is 2.84 bits per heavy atom. The summed E-state index contributed by atoms with van der Waals surface area (Å²) >= 11 is 0. The third kappa shape index (κ3) is 4.60. The lowest BCUT2D eigenvalue weighted by atomic mass is 9.94. The van der Waals surface area contributed by atoms with Crippen molar-refractivity contribution in [1.29, 1.82) is 0 Å². The van der Waals surface area contributed by atoms with Crippen LogP contribution in [0.3, 0.4) is 0 Å². The smallest absolute Gasteiger partial charge is 0.174 e. The summed E-state index contributed by atoms with van der Waals surface area (Å²) in [6.45, 7) is 4.68. The number of hydrogen-bond acceptors (Lipinski definition) is 4. The molecule has 0 radical (unpaired) electrons. The Morgan fingerprint density at radius 1 is 1.20 bits per heavy atom. The van der Waals surface area contributed by atoms with E-state index in [2.05, 4.69) is 12.2 Å². The molecule has 3 rings (SSSR count). The first-order chi connectivity index (χ1) is 12.3. The van der Waals surface area contributed by atoms with Crippen LogP contribution in [0.1, 0.15) is 35.7 Å². The fraction of sp³-hybridized carbons (Fsp3) is 0.381. The summed E-state index contributed by atoms with van der Waals surface area (Å²) in [7, 11) is 0. The molecular formula is C21H25NO3. The second kappa shape index (κ2) is 8.67. The maximum Gasteiger partial charge on any atom is 0.174 e. The molecule has 1 unspecified atom stereocenters. The largest absolute Gasteiger partial charge is 0.492 e. The molecule has 25 heavy (non-hydrogen) atoms. The van der Waals surface area contributed by atoms with Gasteiger partial charge in [-0.15, -0.1) is 0 Å². The molecule has 0 saturated heterocycles. The highest BCUT2D eigenvalue weighted by Gasteiger charge is 2.28. The Balaban J connectivity index is 1.63. The van der Waals surface area contributed by atoms with E-state index in [1.54, 1.807) is 6.07 Å². The van der Waals surface area contributed by atoms with E-state index in [9.17, 15) is 4.79 Å². The normalized spacial score (nSPS) is 16.2. The highest BCUT2D eigenvalue weighted by atomic mass is 16.5. The van der Waals surface area contributed by atoms with Crippen LogP contribution in [0, 0.1) is 5.92 Å². The first kappa shape index (κ1) is 17.5. The number of fused-ring (bicyclic) bond motifs is 1. The van der Waals surface area contributed by atoms with E-state index in [-0.39, 0.29) is 11.7 Å². The summed E-state index contributed by atoms with van der Waals surface area (Å²) in [6, 6.07) is 15.5. The molecule has 0 spiro atoms. The van der Waals surface area contributed by atoms with Gasteiger partial charge in [-0.2, -0.15) is 0 Å². The van der Waals surface area contributed by atoms with Crippen molar-refractivity contribution in [2.75, 3.05) is 19.7 Å². The lowest BCUT2D eigenvalue weighted by molar-refractivity contribution is 0.0829. The molecule has 4 heteroatoms. The van der Waals surface area contributed by atoms with Crippen molar-refractivity contribution >= 4 is 5.78 Å². The topological polar surface area (TPSA) is 47.6 Å². The summed E-state index contributed by atoms with van der Waals surface area (Å²) in [5, 5.41) is 3.35. The van der Waals surface area contributed by atoms with Crippen LogP contribution in [0.4, 0.5) is 0 Å². The number of ketones is 1. The van der Waals surface area contributed by atoms with E-state index in [1.807, 2.05) is 42.5 Å². The van der Waals surface area contributed by atoms with Gasteiger partial charge in [-0.25, -0.2) is 0 Å². The van der Waals surface area contributed by atoms with Crippen molar-refractivity contribution in [3.63, 3.8) is 0 Å². The minimum atomic E-state index is -0.131. The Labute approximate surface area is 149 Å². The van der Waals surface area contributed by atoms with Gasteiger partial charge in [0, 0.05) is 6.54 Å². The van der Waals surface area contributed by atoms with Gasteiger partial charge in [0.05, 0.1) is 18.1 Å². The van der Waals surface area contributed by atoms with Gasteiger partial charge >= 0.3 is 0 Å².